The van der Waals surface area contributed by atoms with Crippen LogP contribution in [0, 0.1) is 6.92 Å². The van der Waals surface area contributed by atoms with Crippen molar-refractivity contribution in [1.29, 1.82) is 0 Å². The number of amides is 1. The fourth-order valence-corrected chi connectivity index (χ4v) is 5.43. The summed E-state index contributed by atoms with van der Waals surface area (Å²) in [6.45, 7) is 2.98. The van der Waals surface area contributed by atoms with Crippen molar-refractivity contribution in [1.82, 2.24) is 4.31 Å². The first kappa shape index (κ1) is 19.7. The minimum Gasteiger partial charge on any atom is -0.497 e. The third-order valence-corrected chi connectivity index (χ3v) is 7.44. The van der Waals surface area contributed by atoms with Crippen molar-refractivity contribution in [3.8, 4) is 5.75 Å². The Morgan fingerprint density at radius 2 is 1.76 bits per heavy atom. The zero-order chi connectivity index (χ0) is 20.6. The molecular weight excluding hydrogens is 392 g/mol. The average Bonchev–Trinajstić information content (AvgIpc) is 2.74. The number of ether oxygens (including phenoxy) is 2. The highest BCUT2D eigenvalue weighted by atomic mass is 32.2. The average molecular weight is 416 g/mol. The van der Waals surface area contributed by atoms with Crippen LogP contribution in [0.15, 0.2) is 47.4 Å². The van der Waals surface area contributed by atoms with Crippen LogP contribution in [0.25, 0.3) is 0 Å². The van der Waals surface area contributed by atoms with Crippen LogP contribution in [-0.4, -0.2) is 45.1 Å². The first-order valence-electron chi connectivity index (χ1n) is 9.60. The molecule has 2 aromatic rings. The third-order valence-electron chi connectivity index (χ3n) is 5.53. The predicted octanol–water partition coefficient (Wildman–Crippen LogP) is 3.31. The second-order valence-electron chi connectivity index (χ2n) is 7.37. The summed E-state index contributed by atoms with van der Waals surface area (Å²) < 4.78 is 37.8. The summed E-state index contributed by atoms with van der Waals surface area (Å²) >= 11 is 0. The van der Waals surface area contributed by atoms with Gasteiger partial charge in [-0.05, 0) is 50.1 Å². The molecule has 154 valence electrons. The minimum atomic E-state index is -3.58. The van der Waals surface area contributed by atoms with Crippen molar-refractivity contribution in [3.63, 3.8) is 0 Å². The molecular formula is C21H24N2O5S. The third kappa shape index (κ3) is 3.70. The standard InChI is InChI=1S/C21H24N2O5S/c1-15-3-8-20-16(13-15)14-28-21(24)23(20)17-9-11-22(12-10-17)29(25,26)19-6-4-18(27-2)5-7-19/h3-8,13,17H,9-12,14H2,1-2H3. The predicted molar refractivity (Wildman–Crippen MR) is 109 cm³/mol. The number of fused-ring (bicyclic) bond motifs is 1. The van der Waals surface area contributed by atoms with E-state index in [4.69, 9.17) is 9.47 Å². The summed E-state index contributed by atoms with van der Waals surface area (Å²) in [5.41, 5.74) is 2.96. The van der Waals surface area contributed by atoms with Crippen LogP contribution >= 0.6 is 0 Å². The van der Waals surface area contributed by atoms with E-state index in [1.165, 1.54) is 4.31 Å². The normalized spacial score (nSPS) is 18.3. The molecule has 2 aromatic carbocycles. The van der Waals surface area contributed by atoms with E-state index in [0.717, 1.165) is 16.8 Å². The lowest BCUT2D eigenvalue weighted by Crippen LogP contribution is -2.50. The van der Waals surface area contributed by atoms with Crippen LogP contribution in [0.5, 0.6) is 5.75 Å². The van der Waals surface area contributed by atoms with E-state index < -0.39 is 10.0 Å². The molecule has 29 heavy (non-hydrogen) atoms. The number of cyclic esters (lactones) is 1. The van der Waals surface area contributed by atoms with Crippen molar-refractivity contribution in [3.05, 3.63) is 53.6 Å². The number of piperidine rings is 1. The maximum Gasteiger partial charge on any atom is 0.414 e. The molecule has 2 aliphatic rings. The Hall–Kier alpha value is -2.58. The molecule has 0 atom stereocenters. The van der Waals surface area contributed by atoms with Gasteiger partial charge in [0.05, 0.1) is 17.7 Å². The van der Waals surface area contributed by atoms with Gasteiger partial charge in [0.25, 0.3) is 0 Å². The van der Waals surface area contributed by atoms with Gasteiger partial charge in [-0.3, -0.25) is 4.90 Å². The van der Waals surface area contributed by atoms with Crippen LogP contribution in [0.3, 0.4) is 0 Å². The number of carbonyl (C=O) groups is 1. The zero-order valence-corrected chi connectivity index (χ0v) is 17.3. The van der Waals surface area contributed by atoms with Gasteiger partial charge >= 0.3 is 6.09 Å². The molecule has 1 saturated heterocycles. The van der Waals surface area contributed by atoms with Gasteiger partial charge < -0.3 is 9.47 Å². The van der Waals surface area contributed by atoms with Gasteiger partial charge in [0.15, 0.2) is 0 Å². The van der Waals surface area contributed by atoms with Crippen molar-refractivity contribution < 1.29 is 22.7 Å². The number of nitrogens with zero attached hydrogens (tertiary/aromatic N) is 2. The smallest absolute Gasteiger partial charge is 0.414 e. The number of sulfonamides is 1. The number of methoxy groups -OCH3 is 1. The number of hydrogen-bond donors (Lipinski definition) is 0. The van der Waals surface area contributed by atoms with Gasteiger partial charge in [0.2, 0.25) is 10.0 Å². The first-order chi connectivity index (χ1) is 13.9. The van der Waals surface area contributed by atoms with Gasteiger partial charge in [0.1, 0.15) is 12.4 Å². The topological polar surface area (TPSA) is 76.2 Å². The van der Waals surface area contributed by atoms with Crippen LogP contribution in [0.2, 0.25) is 0 Å². The quantitative estimate of drug-likeness (QED) is 0.764. The molecule has 0 unspecified atom stereocenters. The summed E-state index contributed by atoms with van der Waals surface area (Å²) in [6.07, 6.45) is 0.744. The van der Waals surface area contributed by atoms with E-state index in [-0.39, 0.29) is 23.6 Å². The molecule has 4 rings (SSSR count). The van der Waals surface area contributed by atoms with Crippen LogP contribution in [0.4, 0.5) is 10.5 Å². The molecule has 0 aliphatic carbocycles. The molecule has 0 saturated carbocycles. The first-order valence-corrected chi connectivity index (χ1v) is 11.0. The molecule has 0 N–H and O–H groups in total. The van der Waals surface area contributed by atoms with Gasteiger partial charge in [-0.1, -0.05) is 17.7 Å². The lowest BCUT2D eigenvalue weighted by molar-refractivity contribution is 0.135. The zero-order valence-electron chi connectivity index (χ0n) is 16.5. The summed E-state index contributed by atoms with van der Waals surface area (Å²) in [5.74, 6) is 0.611. The Morgan fingerprint density at radius 1 is 1.07 bits per heavy atom. The molecule has 0 radical (unpaired) electrons. The number of anilines is 1. The van der Waals surface area contributed by atoms with Crippen LogP contribution in [-0.2, 0) is 21.4 Å². The largest absolute Gasteiger partial charge is 0.497 e. The van der Waals surface area contributed by atoms with Gasteiger partial charge in [-0.25, -0.2) is 13.2 Å². The summed E-state index contributed by atoms with van der Waals surface area (Å²) in [4.78, 5) is 14.4. The summed E-state index contributed by atoms with van der Waals surface area (Å²) in [5, 5.41) is 0. The minimum absolute atomic E-state index is 0.0911. The lowest BCUT2D eigenvalue weighted by atomic mass is 10.0. The Labute approximate surface area is 170 Å². The van der Waals surface area contributed by atoms with Crippen molar-refractivity contribution in [2.75, 3.05) is 25.1 Å². The monoisotopic (exact) mass is 416 g/mol. The molecule has 0 bridgehead atoms. The van der Waals surface area contributed by atoms with Crippen LogP contribution < -0.4 is 9.64 Å². The van der Waals surface area contributed by atoms with Gasteiger partial charge in [-0.2, -0.15) is 4.31 Å². The van der Waals surface area contributed by atoms with Gasteiger partial charge in [0, 0.05) is 24.7 Å². The number of rotatable bonds is 4. The van der Waals surface area contributed by atoms with E-state index in [1.54, 1.807) is 36.3 Å². The number of carbonyl (C=O) groups excluding carboxylic acids is 1. The number of benzene rings is 2. The van der Waals surface area contributed by atoms with E-state index in [1.807, 2.05) is 25.1 Å². The van der Waals surface area contributed by atoms with E-state index in [9.17, 15) is 13.2 Å². The molecule has 1 amide bonds. The van der Waals surface area contributed by atoms with E-state index >= 15 is 0 Å². The molecule has 1 fully saturated rings. The highest BCUT2D eigenvalue weighted by Gasteiger charge is 2.37. The van der Waals surface area contributed by atoms with Crippen molar-refractivity contribution in [2.24, 2.45) is 0 Å². The molecule has 8 heteroatoms. The number of hydrogen-bond acceptors (Lipinski definition) is 5. The summed E-state index contributed by atoms with van der Waals surface area (Å²) in [7, 11) is -2.04. The Kier molecular flexibility index (Phi) is 5.23. The molecule has 2 aliphatic heterocycles. The second kappa shape index (κ2) is 7.68. The van der Waals surface area contributed by atoms with Crippen molar-refractivity contribution >= 4 is 21.8 Å². The maximum absolute atomic E-state index is 12.9. The highest BCUT2D eigenvalue weighted by Crippen LogP contribution is 2.33. The Bertz CT molecular complexity index is 1010. The molecule has 2 heterocycles. The maximum atomic E-state index is 12.9. The highest BCUT2D eigenvalue weighted by molar-refractivity contribution is 7.89. The number of aryl methyl sites for hydroxylation is 1. The van der Waals surface area contributed by atoms with Crippen LogP contribution in [0.1, 0.15) is 24.0 Å². The van der Waals surface area contributed by atoms with E-state index in [0.29, 0.717) is 31.7 Å². The SMILES string of the molecule is COc1ccc(S(=O)(=O)N2CCC(N3C(=O)OCc4cc(C)ccc43)CC2)cc1. The van der Waals surface area contributed by atoms with Crippen molar-refractivity contribution in [2.45, 2.75) is 37.3 Å². The molecule has 7 nitrogen and oxygen atoms in total. The fourth-order valence-electron chi connectivity index (χ4n) is 3.96. The fraction of sp³-hybridized carbons (Fsp3) is 0.381. The summed E-state index contributed by atoms with van der Waals surface area (Å²) in [6, 6.07) is 12.3. The van der Waals surface area contributed by atoms with E-state index in [2.05, 4.69) is 0 Å². The Morgan fingerprint density at radius 3 is 2.41 bits per heavy atom. The molecule has 0 aromatic heterocycles. The second-order valence-corrected chi connectivity index (χ2v) is 9.31. The van der Waals surface area contributed by atoms with Gasteiger partial charge in [-0.15, -0.1) is 0 Å². The lowest BCUT2D eigenvalue weighted by Gasteiger charge is -2.39. The molecule has 0 spiro atoms. The Balaban J connectivity index is 1.50.